The van der Waals surface area contributed by atoms with Gasteiger partial charge in [-0.1, -0.05) is 34.1 Å². The Balaban J connectivity index is 1.71. The second kappa shape index (κ2) is 6.49. The van der Waals surface area contributed by atoms with Gasteiger partial charge < -0.3 is 10.6 Å². The lowest BCUT2D eigenvalue weighted by atomic mass is 10.1. The predicted molar refractivity (Wildman–Crippen MR) is 104 cm³/mol. The van der Waals surface area contributed by atoms with E-state index in [4.69, 9.17) is 0 Å². The molecule has 0 aliphatic heterocycles. The van der Waals surface area contributed by atoms with E-state index in [2.05, 4.69) is 36.5 Å². The van der Waals surface area contributed by atoms with E-state index in [0.29, 0.717) is 11.4 Å². The molecule has 2 amide bonds. The zero-order valence-corrected chi connectivity index (χ0v) is 14.6. The van der Waals surface area contributed by atoms with Gasteiger partial charge in [-0.05, 0) is 36.4 Å². The van der Waals surface area contributed by atoms with E-state index in [-0.39, 0.29) is 6.03 Å². The number of anilines is 2. The minimum absolute atomic E-state index is 0.333. The number of aromatic nitrogens is 2. The summed E-state index contributed by atoms with van der Waals surface area (Å²) in [5.41, 5.74) is 2.85. The minimum atomic E-state index is -0.333. The number of pyridine rings is 2. The Bertz CT molecular complexity index is 1100. The average molecular weight is 393 g/mol. The first-order valence-electron chi connectivity index (χ1n) is 7.67. The van der Waals surface area contributed by atoms with Crippen LogP contribution in [0.25, 0.3) is 21.8 Å². The smallest absolute Gasteiger partial charge is 0.308 e. The van der Waals surface area contributed by atoms with E-state index in [1.807, 2.05) is 54.6 Å². The van der Waals surface area contributed by atoms with Gasteiger partial charge >= 0.3 is 6.03 Å². The van der Waals surface area contributed by atoms with E-state index in [0.717, 1.165) is 26.3 Å². The highest BCUT2D eigenvalue weighted by Crippen LogP contribution is 2.29. The third-order valence-electron chi connectivity index (χ3n) is 3.80. The monoisotopic (exact) mass is 392 g/mol. The number of rotatable bonds is 2. The molecule has 4 aromatic rings. The third-order valence-corrected chi connectivity index (χ3v) is 4.30. The van der Waals surface area contributed by atoms with Gasteiger partial charge in [-0.25, -0.2) is 4.79 Å². The van der Waals surface area contributed by atoms with Gasteiger partial charge in [0.25, 0.3) is 0 Å². The van der Waals surface area contributed by atoms with Crippen LogP contribution in [0.2, 0.25) is 0 Å². The van der Waals surface area contributed by atoms with Crippen LogP contribution < -0.4 is 10.6 Å². The molecule has 6 heteroatoms. The summed E-state index contributed by atoms with van der Waals surface area (Å²) in [6, 6.07) is 16.7. The van der Waals surface area contributed by atoms with Crippen LogP contribution >= 0.6 is 15.9 Å². The Morgan fingerprint density at radius 1 is 0.880 bits per heavy atom. The Morgan fingerprint density at radius 3 is 2.52 bits per heavy atom. The van der Waals surface area contributed by atoms with Crippen LogP contribution in [-0.4, -0.2) is 16.0 Å². The fourth-order valence-electron chi connectivity index (χ4n) is 2.75. The molecule has 0 aliphatic rings. The van der Waals surface area contributed by atoms with Crippen molar-refractivity contribution in [2.24, 2.45) is 0 Å². The fraction of sp³-hybridized carbons (Fsp3) is 0. The van der Waals surface area contributed by atoms with Crippen molar-refractivity contribution in [2.45, 2.75) is 0 Å². The molecule has 0 unspecified atom stereocenters. The molecular weight excluding hydrogens is 380 g/mol. The molecule has 4 rings (SSSR count). The highest BCUT2D eigenvalue weighted by molar-refractivity contribution is 9.10. The number of hydrogen-bond acceptors (Lipinski definition) is 3. The molecule has 0 bridgehead atoms. The lowest BCUT2D eigenvalue weighted by molar-refractivity contribution is 0.262. The van der Waals surface area contributed by atoms with Crippen molar-refractivity contribution in [2.75, 3.05) is 10.6 Å². The van der Waals surface area contributed by atoms with Crippen molar-refractivity contribution < 1.29 is 4.79 Å². The van der Waals surface area contributed by atoms with Gasteiger partial charge in [0.15, 0.2) is 0 Å². The highest BCUT2D eigenvalue weighted by Gasteiger charge is 2.11. The summed E-state index contributed by atoms with van der Waals surface area (Å²) in [4.78, 5) is 21.2. The minimum Gasteiger partial charge on any atom is -0.308 e. The Morgan fingerprint density at radius 2 is 1.68 bits per heavy atom. The molecule has 2 aromatic carbocycles. The summed E-state index contributed by atoms with van der Waals surface area (Å²) in [5.74, 6) is 0. The van der Waals surface area contributed by atoms with Gasteiger partial charge in [-0.3, -0.25) is 9.97 Å². The van der Waals surface area contributed by atoms with Gasteiger partial charge in [0.05, 0.1) is 16.7 Å². The second-order valence-corrected chi connectivity index (χ2v) is 6.40. The maximum atomic E-state index is 12.4. The Labute approximate surface area is 152 Å². The molecule has 0 atom stereocenters. The van der Waals surface area contributed by atoms with Crippen molar-refractivity contribution in [3.05, 3.63) is 71.5 Å². The van der Waals surface area contributed by atoms with Crippen LogP contribution in [0.1, 0.15) is 0 Å². The van der Waals surface area contributed by atoms with E-state index in [1.54, 1.807) is 12.4 Å². The normalized spacial score (nSPS) is 10.8. The summed E-state index contributed by atoms with van der Waals surface area (Å²) in [6.07, 6.45) is 3.44. The first-order chi connectivity index (χ1) is 12.2. The number of amides is 2. The van der Waals surface area contributed by atoms with Crippen molar-refractivity contribution in [1.82, 2.24) is 9.97 Å². The maximum Gasteiger partial charge on any atom is 0.323 e. The molecular formula is C19H13BrN4O. The second-order valence-electron chi connectivity index (χ2n) is 5.48. The van der Waals surface area contributed by atoms with E-state index < -0.39 is 0 Å². The van der Waals surface area contributed by atoms with Crippen molar-refractivity contribution >= 4 is 55.1 Å². The number of halogens is 1. The Kier molecular flexibility index (Phi) is 4.03. The summed E-state index contributed by atoms with van der Waals surface area (Å²) >= 11 is 3.39. The largest absolute Gasteiger partial charge is 0.323 e. The van der Waals surface area contributed by atoms with E-state index in [1.165, 1.54) is 0 Å². The average Bonchev–Trinajstić information content (AvgIpc) is 2.62. The molecule has 2 heterocycles. The van der Waals surface area contributed by atoms with Gasteiger partial charge in [-0.15, -0.1) is 0 Å². The van der Waals surface area contributed by atoms with Gasteiger partial charge in [-0.2, -0.15) is 0 Å². The molecule has 122 valence electrons. The predicted octanol–water partition coefficient (Wildman–Crippen LogP) is 5.19. The number of carbonyl (C=O) groups is 1. The fourth-order valence-corrected chi connectivity index (χ4v) is 3.15. The third kappa shape index (κ3) is 3.16. The zero-order valence-electron chi connectivity index (χ0n) is 13.0. The van der Waals surface area contributed by atoms with Crippen molar-refractivity contribution in [1.29, 1.82) is 0 Å². The SMILES string of the molecule is O=C(Nc1cccc(Br)c1)Nc1cc2ncccc2c2cccnc12. The van der Waals surface area contributed by atoms with Gasteiger partial charge in [0.1, 0.15) is 0 Å². The number of fused-ring (bicyclic) bond motifs is 3. The molecule has 25 heavy (non-hydrogen) atoms. The quantitative estimate of drug-likeness (QED) is 0.461. The number of urea groups is 1. The summed E-state index contributed by atoms with van der Waals surface area (Å²) < 4.78 is 0.896. The molecule has 2 aromatic heterocycles. The van der Waals surface area contributed by atoms with Crippen LogP contribution in [0.4, 0.5) is 16.2 Å². The number of carbonyl (C=O) groups excluding carboxylic acids is 1. The number of benzene rings is 2. The van der Waals surface area contributed by atoms with Crippen LogP contribution in [0.3, 0.4) is 0 Å². The molecule has 0 saturated heterocycles. The van der Waals surface area contributed by atoms with Crippen LogP contribution in [-0.2, 0) is 0 Å². The van der Waals surface area contributed by atoms with E-state index >= 15 is 0 Å². The highest BCUT2D eigenvalue weighted by atomic mass is 79.9. The first-order valence-corrected chi connectivity index (χ1v) is 8.46. The van der Waals surface area contributed by atoms with Crippen LogP contribution in [0.5, 0.6) is 0 Å². The topological polar surface area (TPSA) is 66.9 Å². The number of nitrogens with zero attached hydrogens (tertiary/aromatic N) is 2. The van der Waals surface area contributed by atoms with Gasteiger partial charge in [0, 0.05) is 33.3 Å². The molecule has 2 N–H and O–H groups in total. The molecule has 0 spiro atoms. The molecule has 0 fully saturated rings. The summed E-state index contributed by atoms with van der Waals surface area (Å²) in [5, 5.41) is 7.65. The molecule has 0 saturated carbocycles. The number of hydrogen-bond donors (Lipinski definition) is 2. The Hall–Kier alpha value is -2.99. The lowest BCUT2D eigenvalue weighted by Crippen LogP contribution is -2.19. The van der Waals surface area contributed by atoms with Crippen LogP contribution in [0.15, 0.2) is 71.5 Å². The van der Waals surface area contributed by atoms with Crippen LogP contribution in [0, 0.1) is 0 Å². The molecule has 0 aliphatic carbocycles. The molecule has 5 nitrogen and oxygen atoms in total. The summed E-state index contributed by atoms with van der Waals surface area (Å²) in [6.45, 7) is 0. The zero-order chi connectivity index (χ0) is 17.2. The van der Waals surface area contributed by atoms with Crippen molar-refractivity contribution in [3.8, 4) is 0 Å². The van der Waals surface area contributed by atoms with E-state index in [9.17, 15) is 4.79 Å². The molecule has 0 radical (unpaired) electrons. The maximum absolute atomic E-state index is 12.4. The summed E-state index contributed by atoms with van der Waals surface area (Å²) in [7, 11) is 0. The standard InChI is InChI=1S/C19H13BrN4O/c20-12-4-1-5-13(10-12)23-19(25)24-17-11-16-14(6-2-8-21-16)15-7-3-9-22-18(15)17/h1-11H,(H2,23,24,25). The number of nitrogens with one attached hydrogen (secondary N) is 2. The van der Waals surface area contributed by atoms with Gasteiger partial charge in [0.2, 0.25) is 0 Å². The van der Waals surface area contributed by atoms with Crippen molar-refractivity contribution in [3.63, 3.8) is 0 Å². The first kappa shape index (κ1) is 15.5. The lowest BCUT2D eigenvalue weighted by Gasteiger charge is -2.11.